The highest BCUT2D eigenvalue weighted by atomic mass is 14.9. The predicted octanol–water partition coefficient (Wildman–Crippen LogP) is 4.35. The lowest BCUT2D eigenvalue weighted by molar-refractivity contribution is 0.368. The van der Waals surface area contributed by atoms with Crippen LogP contribution in [-0.2, 0) is 0 Å². The van der Waals surface area contributed by atoms with Crippen molar-refractivity contribution in [2.75, 3.05) is 6.54 Å². The SMILES string of the molecule is CC(C)c1[nH]ccc1C1CCNC(c2ccccc2)C1. The predicted molar refractivity (Wildman–Crippen MR) is 84.0 cm³/mol. The van der Waals surface area contributed by atoms with Gasteiger partial charge in [-0.05, 0) is 48.4 Å². The fourth-order valence-electron chi connectivity index (χ4n) is 3.39. The molecular weight excluding hydrogens is 244 g/mol. The molecule has 0 saturated carbocycles. The fourth-order valence-corrected chi connectivity index (χ4v) is 3.39. The van der Waals surface area contributed by atoms with Crippen LogP contribution in [0.2, 0.25) is 0 Å². The molecule has 2 nitrogen and oxygen atoms in total. The summed E-state index contributed by atoms with van der Waals surface area (Å²) in [5.41, 5.74) is 4.37. The molecule has 0 bridgehead atoms. The molecule has 2 heteroatoms. The molecule has 1 aromatic carbocycles. The van der Waals surface area contributed by atoms with Gasteiger partial charge in [0.25, 0.3) is 0 Å². The summed E-state index contributed by atoms with van der Waals surface area (Å²) in [5.74, 6) is 1.25. The normalized spacial score (nSPS) is 23.1. The van der Waals surface area contributed by atoms with Gasteiger partial charge in [-0.25, -0.2) is 0 Å². The van der Waals surface area contributed by atoms with Crippen molar-refractivity contribution < 1.29 is 0 Å². The summed E-state index contributed by atoms with van der Waals surface area (Å²) >= 11 is 0. The Labute approximate surface area is 121 Å². The highest BCUT2D eigenvalue weighted by molar-refractivity contribution is 5.29. The Bertz CT molecular complexity index is 542. The Morgan fingerprint density at radius 3 is 2.65 bits per heavy atom. The molecule has 2 atom stereocenters. The first-order valence-corrected chi connectivity index (χ1v) is 7.71. The van der Waals surface area contributed by atoms with E-state index in [0.29, 0.717) is 17.9 Å². The molecule has 1 saturated heterocycles. The third-order valence-electron chi connectivity index (χ3n) is 4.44. The Morgan fingerprint density at radius 2 is 1.90 bits per heavy atom. The fraction of sp³-hybridized carbons (Fsp3) is 0.444. The maximum absolute atomic E-state index is 3.67. The quantitative estimate of drug-likeness (QED) is 0.851. The first kappa shape index (κ1) is 13.4. The molecule has 1 aliphatic heterocycles. The van der Waals surface area contributed by atoms with Crippen LogP contribution >= 0.6 is 0 Å². The van der Waals surface area contributed by atoms with Gasteiger partial charge in [0.05, 0.1) is 0 Å². The van der Waals surface area contributed by atoms with Gasteiger partial charge in [-0.15, -0.1) is 0 Å². The van der Waals surface area contributed by atoms with Crippen molar-refractivity contribution in [1.29, 1.82) is 0 Å². The van der Waals surface area contributed by atoms with E-state index in [1.807, 2.05) is 0 Å². The molecule has 0 radical (unpaired) electrons. The molecule has 1 aromatic heterocycles. The molecule has 2 aromatic rings. The van der Waals surface area contributed by atoms with E-state index in [-0.39, 0.29) is 0 Å². The van der Waals surface area contributed by atoms with Crippen LogP contribution < -0.4 is 5.32 Å². The first-order valence-electron chi connectivity index (χ1n) is 7.71. The zero-order valence-corrected chi connectivity index (χ0v) is 12.4. The second-order valence-corrected chi connectivity index (χ2v) is 6.14. The van der Waals surface area contributed by atoms with Gasteiger partial charge in [-0.3, -0.25) is 0 Å². The van der Waals surface area contributed by atoms with Crippen LogP contribution in [0.5, 0.6) is 0 Å². The monoisotopic (exact) mass is 268 g/mol. The smallest absolute Gasteiger partial charge is 0.0326 e. The molecule has 20 heavy (non-hydrogen) atoms. The van der Waals surface area contributed by atoms with Gasteiger partial charge in [-0.1, -0.05) is 44.2 Å². The van der Waals surface area contributed by atoms with Crippen LogP contribution in [0.25, 0.3) is 0 Å². The molecule has 2 heterocycles. The highest BCUT2D eigenvalue weighted by Gasteiger charge is 2.26. The van der Waals surface area contributed by atoms with Crippen molar-refractivity contribution in [1.82, 2.24) is 10.3 Å². The number of rotatable bonds is 3. The van der Waals surface area contributed by atoms with Gasteiger partial charge in [0, 0.05) is 17.9 Å². The number of piperidine rings is 1. The van der Waals surface area contributed by atoms with Gasteiger partial charge < -0.3 is 10.3 Å². The summed E-state index contributed by atoms with van der Waals surface area (Å²) in [6.07, 6.45) is 4.53. The Balaban J connectivity index is 1.80. The summed E-state index contributed by atoms with van der Waals surface area (Å²) in [5, 5.41) is 3.67. The van der Waals surface area contributed by atoms with Crippen molar-refractivity contribution in [2.24, 2.45) is 0 Å². The summed E-state index contributed by atoms with van der Waals surface area (Å²) in [6, 6.07) is 13.6. The minimum atomic E-state index is 0.491. The maximum Gasteiger partial charge on any atom is 0.0326 e. The van der Waals surface area contributed by atoms with Crippen molar-refractivity contribution in [3.8, 4) is 0 Å². The van der Waals surface area contributed by atoms with Crippen LogP contribution in [-0.4, -0.2) is 11.5 Å². The minimum Gasteiger partial charge on any atom is -0.365 e. The standard InChI is InChI=1S/C18H24N2/c1-13(2)18-16(9-11-20-18)15-8-10-19-17(12-15)14-6-4-3-5-7-14/h3-7,9,11,13,15,17,19-20H,8,10,12H2,1-2H3. The minimum absolute atomic E-state index is 0.491. The van der Waals surface area contributed by atoms with E-state index in [9.17, 15) is 0 Å². The Hall–Kier alpha value is -1.54. The van der Waals surface area contributed by atoms with Gasteiger partial charge in [0.15, 0.2) is 0 Å². The number of benzene rings is 1. The average Bonchev–Trinajstić information content (AvgIpc) is 2.98. The van der Waals surface area contributed by atoms with E-state index in [4.69, 9.17) is 0 Å². The lowest BCUT2D eigenvalue weighted by Crippen LogP contribution is -2.31. The van der Waals surface area contributed by atoms with E-state index < -0.39 is 0 Å². The van der Waals surface area contributed by atoms with Crippen LogP contribution in [0.1, 0.15) is 61.4 Å². The first-order chi connectivity index (χ1) is 9.75. The van der Waals surface area contributed by atoms with Crippen LogP contribution in [0.4, 0.5) is 0 Å². The third kappa shape index (κ3) is 2.66. The zero-order valence-electron chi connectivity index (χ0n) is 12.4. The molecule has 2 unspecified atom stereocenters. The molecule has 3 rings (SSSR count). The lowest BCUT2D eigenvalue weighted by atomic mass is 9.83. The van der Waals surface area contributed by atoms with Crippen molar-refractivity contribution in [3.05, 3.63) is 59.4 Å². The van der Waals surface area contributed by atoms with Gasteiger partial charge >= 0.3 is 0 Å². The molecule has 2 N–H and O–H groups in total. The van der Waals surface area contributed by atoms with Crippen molar-refractivity contribution in [3.63, 3.8) is 0 Å². The van der Waals surface area contributed by atoms with Crippen LogP contribution in [0.3, 0.4) is 0 Å². The second kappa shape index (κ2) is 5.84. The maximum atomic E-state index is 3.67. The molecular formula is C18H24N2. The topological polar surface area (TPSA) is 27.8 Å². The number of aromatic amines is 1. The number of nitrogens with one attached hydrogen (secondary N) is 2. The molecule has 0 spiro atoms. The van der Waals surface area contributed by atoms with E-state index in [0.717, 1.165) is 6.54 Å². The third-order valence-corrected chi connectivity index (χ3v) is 4.44. The molecule has 0 aliphatic carbocycles. The molecule has 1 aliphatic rings. The van der Waals surface area contributed by atoms with E-state index in [2.05, 4.69) is 66.7 Å². The van der Waals surface area contributed by atoms with Gasteiger partial charge in [-0.2, -0.15) is 0 Å². The summed E-state index contributed by atoms with van der Waals surface area (Å²) in [7, 11) is 0. The average molecular weight is 268 g/mol. The van der Waals surface area contributed by atoms with E-state index in [1.165, 1.54) is 29.7 Å². The highest BCUT2D eigenvalue weighted by Crippen LogP contribution is 2.37. The number of hydrogen-bond acceptors (Lipinski definition) is 1. The number of H-pyrrole nitrogens is 1. The van der Waals surface area contributed by atoms with Crippen LogP contribution in [0, 0.1) is 0 Å². The summed E-state index contributed by atoms with van der Waals surface area (Å²) < 4.78 is 0. The van der Waals surface area contributed by atoms with Gasteiger partial charge in [0.1, 0.15) is 0 Å². The van der Waals surface area contributed by atoms with Crippen molar-refractivity contribution in [2.45, 2.75) is 44.6 Å². The largest absolute Gasteiger partial charge is 0.365 e. The second-order valence-electron chi connectivity index (χ2n) is 6.14. The Morgan fingerprint density at radius 1 is 1.10 bits per heavy atom. The van der Waals surface area contributed by atoms with Crippen LogP contribution in [0.15, 0.2) is 42.6 Å². The van der Waals surface area contributed by atoms with Gasteiger partial charge in [0.2, 0.25) is 0 Å². The summed E-state index contributed by atoms with van der Waals surface area (Å²) in [6.45, 7) is 5.64. The zero-order chi connectivity index (χ0) is 13.9. The van der Waals surface area contributed by atoms with Crippen molar-refractivity contribution >= 4 is 0 Å². The molecule has 0 amide bonds. The lowest BCUT2D eigenvalue weighted by Gasteiger charge is -2.31. The molecule has 1 fully saturated rings. The van der Waals surface area contributed by atoms with E-state index >= 15 is 0 Å². The van der Waals surface area contributed by atoms with E-state index in [1.54, 1.807) is 0 Å². The Kier molecular flexibility index (Phi) is 3.93. The summed E-state index contributed by atoms with van der Waals surface area (Å²) in [4.78, 5) is 3.44. The number of hydrogen-bond donors (Lipinski definition) is 2. The number of aromatic nitrogens is 1. The molecule has 106 valence electrons.